The molecule has 1 saturated heterocycles. The van der Waals surface area contributed by atoms with E-state index in [-0.39, 0.29) is 17.1 Å². The van der Waals surface area contributed by atoms with Crippen LogP contribution in [0.2, 0.25) is 0 Å². The number of nitrogens with two attached hydrogens (primary N) is 1. The van der Waals surface area contributed by atoms with Gasteiger partial charge in [-0.05, 0) is 26.0 Å². The maximum absolute atomic E-state index is 13.7. The minimum atomic E-state index is -0.193. The van der Waals surface area contributed by atoms with E-state index in [0.29, 0.717) is 5.56 Å². The van der Waals surface area contributed by atoms with Gasteiger partial charge in [-0.3, -0.25) is 0 Å². The van der Waals surface area contributed by atoms with Gasteiger partial charge in [0.2, 0.25) is 0 Å². The summed E-state index contributed by atoms with van der Waals surface area (Å²) in [7, 11) is 0. The minimum Gasteiger partial charge on any atom is -0.369 e. The summed E-state index contributed by atoms with van der Waals surface area (Å²) in [6.07, 6.45) is 0. The van der Waals surface area contributed by atoms with Crippen LogP contribution in [-0.4, -0.2) is 23.6 Å². The van der Waals surface area contributed by atoms with Gasteiger partial charge >= 0.3 is 0 Å². The van der Waals surface area contributed by atoms with Gasteiger partial charge in [0, 0.05) is 41.4 Å². The summed E-state index contributed by atoms with van der Waals surface area (Å²) < 4.78 is 13.9. The van der Waals surface area contributed by atoms with E-state index in [1.165, 1.54) is 0 Å². The van der Waals surface area contributed by atoms with Crippen LogP contribution in [0.3, 0.4) is 0 Å². The van der Waals surface area contributed by atoms with Gasteiger partial charge < -0.3 is 10.6 Å². The topological polar surface area (TPSA) is 29.3 Å². The van der Waals surface area contributed by atoms with Crippen molar-refractivity contribution < 1.29 is 4.39 Å². The highest BCUT2D eigenvalue weighted by Gasteiger charge is 2.27. The van der Waals surface area contributed by atoms with E-state index in [2.05, 4.69) is 18.7 Å². The second-order valence-corrected chi connectivity index (χ2v) is 6.81. The largest absolute Gasteiger partial charge is 0.369 e. The molecule has 1 aromatic rings. The van der Waals surface area contributed by atoms with Crippen molar-refractivity contribution in [3.8, 4) is 0 Å². The predicted molar refractivity (Wildman–Crippen MR) is 73.0 cm³/mol. The number of halogens is 1. The van der Waals surface area contributed by atoms with Crippen LogP contribution in [-0.2, 0) is 6.54 Å². The van der Waals surface area contributed by atoms with Crippen molar-refractivity contribution >= 4 is 17.4 Å². The van der Waals surface area contributed by atoms with Crippen molar-refractivity contribution in [1.29, 1.82) is 0 Å². The van der Waals surface area contributed by atoms with Crippen LogP contribution >= 0.6 is 11.8 Å². The zero-order chi connectivity index (χ0) is 12.5. The summed E-state index contributed by atoms with van der Waals surface area (Å²) >= 11 is 1.98. The molecule has 0 spiro atoms. The lowest BCUT2D eigenvalue weighted by Gasteiger charge is -2.39. The molecule has 1 aliphatic heterocycles. The van der Waals surface area contributed by atoms with Crippen molar-refractivity contribution in [1.82, 2.24) is 0 Å². The summed E-state index contributed by atoms with van der Waals surface area (Å²) in [4.78, 5) is 2.25. The smallest absolute Gasteiger partial charge is 0.129 e. The molecule has 0 amide bonds. The number of thioether (sulfide) groups is 1. The number of hydrogen-bond donors (Lipinski definition) is 1. The maximum atomic E-state index is 13.7. The Morgan fingerprint density at radius 1 is 1.47 bits per heavy atom. The highest BCUT2D eigenvalue weighted by Crippen LogP contribution is 2.32. The predicted octanol–water partition coefficient (Wildman–Crippen LogP) is 2.62. The molecule has 1 fully saturated rings. The molecule has 0 radical (unpaired) electrons. The van der Waals surface area contributed by atoms with E-state index < -0.39 is 0 Å². The van der Waals surface area contributed by atoms with Crippen molar-refractivity contribution in [3.05, 3.63) is 29.6 Å². The molecule has 1 aliphatic rings. The standard InChI is InChI=1S/C13H19FN2S/c1-13(2)9-16(5-6-17-13)11-4-3-10(8-15)12(14)7-11/h3-4,7H,5-6,8-9,15H2,1-2H3. The SMILES string of the molecule is CC1(C)CN(c2ccc(CN)c(F)c2)CCS1. The normalized spacial score (nSPS) is 19.4. The van der Waals surface area contributed by atoms with Crippen LogP contribution in [0.4, 0.5) is 10.1 Å². The molecule has 0 aliphatic carbocycles. The highest BCUT2D eigenvalue weighted by atomic mass is 32.2. The van der Waals surface area contributed by atoms with Gasteiger partial charge in [-0.2, -0.15) is 11.8 Å². The van der Waals surface area contributed by atoms with Gasteiger partial charge in [0.05, 0.1) is 0 Å². The Morgan fingerprint density at radius 2 is 2.24 bits per heavy atom. The van der Waals surface area contributed by atoms with Gasteiger partial charge in [-0.25, -0.2) is 4.39 Å². The van der Waals surface area contributed by atoms with Crippen LogP contribution in [0.5, 0.6) is 0 Å². The molecule has 2 N–H and O–H groups in total. The second kappa shape index (κ2) is 4.86. The van der Waals surface area contributed by atoms with E-state index in [4.69, 9.17) is 5.73 Å². The summed E-state index contributed by atoms with van der Waals surface area (Å²) in [6, 6.07) is 5.37. The van der Waals surface area contributed by atoms with E-state index in [1.54, 1.807) is 12.1 Å². The Kier molecular flexibility index (Phi) is 3.64. The van der Waals surface area contributed by atoms with Crippen molar-refractivity contribution in [2.75, 3.05) is 23.7 Å². The fourth-order valence-electron chi connectivity index (χ4n) is 2.14. The summed E-state index contributed by atoms with van der Waals surface area (Å²) in [5.74, 6) is 0.897. The van der Waals surface area contributed by atoms with E-state index >= 15 is 0 Å². The van der Waals surface area contributed by atoms with Gasteiger partial charge in [0.15, 0.2) is 0 Å². The molecule has 0 unspecified atom stereocenters. The summed E-state index contributed by atoms with van der Waals surface area (Å²) in [5, 5.41) is 0. The number of rotatable bonds is 2. The average molecular weight is 254 g/mol. The van der Waals surface area contributed by atoms with Gasteiger partial charge in [0.25, 0.3) is 0 Å². The van der Waals surface area contributed by atoms with Crippen LogP contribution < -0.4 is 10.6 Å². The quantitative estimate of drug-likeness (QED) is 0.879. The number of nitrogens with zero attached hydrogens (tertiary/aromatic N) is 1. The number of benzene rings is 1. The monoisotopic (exact) mass is 254 g/mol. The first kappa shape index (κ1) is 12.7. The lowest BCUT2D eigenvalue weighted by atomic mass is 10.1. The Bertz CT molecular complexity index is 406. The Balaban J connectivity index is 2.19. The molecule has 2 rings (SSSR count). The molecular formula is C13H19FN2S. The summed E-state index contributed by atoms with van der Waals surface area (Å²) in [5.41, 5.74) is 7.01. The highest BCUT2D eigenvalue weighted by molar-refractivity contribution is 8.00. The molecule has 0 bridgehead atoms. The van der Waals surface area contributed by atoms with E-state index in [0.717, 1.165) is 24.5 Å². The third-order valence-electron chi connectivity index (χ3n) is 3.05. The van der Waals surface area contributed by atoms with Crippen LogP contribution in [0, 0.1) is 5.82 Å². The fraction of sp³-hybridized carbons (Fsp3) is 0.538. The summed E-state index contributed by atoms with van der Waals surface area (Å²) in [6.45, 7) is 6.66. The first-order valence-electron chi connectivity index (χ1n) is 5.89. The Morgan fingerprint density at radius 3 is 2.82 bits per heavy atom. The van der Waals surface area contributed by atoms with Gasteiger partial charge in [0.1, 0.15) is 5.82 Å². The van der Waals surface area contributed by atoms with Gasteiger partial charge in [-0.1, -0.05) is 6.07 Å². The molecule has 2 nitrogen and oxygen atoms in total. The van der Waals surface area contributed by atoms with Gasteiger partial charge in [-0.15, -0.1) is 0 Å². The molecular weight excluding hydrogens is 235 g/mol. The molecule has 0 saturated carbocycles. The van der Waals surface area contributed by atoms with Crippen molar-refractivity contribution in [2.24, 2.45) is 5.73 Å². The Labute approximate surface area is 106 Å². The first-order chi connectivity index (χ1) is 8.02. The lowest BCUT2D eigenvalue weighted by Crippen LogP contribution is -2.43. The number of anilines is 1. The first-order valence-corrected chi connectivity index (χ1v) is 6.88. The zero-order valence-corrected chi connectivity index (χ0v) is 11.2. The van der Waals surface area contributed by atoms with E-state index in [9.17, 15) is 4.39 Å². The Hall–Kier alpha value is -0.740. The molecule has 17 heavy (non-hydrogen) atoms. The fourth-order valence-corrected chi connectivity index (χ4v) is 3.25. The van der Waals surface area contributed by atoms with Crippen LogP contribution in [0.25, 0.3) is 0 Å². The second-order valence-electron chi connectivity index (χ2n) is 5.01. The molecule has 0 aromatic heterocycles. The molecule has 1 aromatic carbocycles. The molecule has 94 valence electrons. The molecule has 4 heteroatoms. The van der Waals surface area contributed by atoms with Crippen LogP contribution in [0.15, 0.2) is 18.2 Å². The van der Waals surface area contributed by atoms with E-state index in [1.807, 2.05) is 17.8 Å². The van der Waals surface area contributed by atoms with Crippen LogP contribution in [0.1, 0.15) is 19.4 Å². The molecule has 1 heterocycles. The minimum absolute atomic E-state index is 0.193. The number of hydrogen-bond acceptors (Lipinski definition) is 3. The molecule has 0 atom stereocenters. The maximum Gasteiger partial charge on any atom is 0.129 e. The van der Waals surface area contributed by atoms with Crippen molar-refractivity contribution in [3.63, 3.8) is 0 Å². The average Bonchev–Trinajstić information content (AvgIpc) is 2.27. The zero-order valence-electron chi connectivity index (χ0n) is 10.4. The van der Waals surface area contributed by atoms with Crippen molar-refractivity contribution in [2.45, 2.75) is 25.1 Å². The third-order valence-corrected chi connectivity index (χ3v) is 4.34. The third kappa shape index (κ3) is 2.93. The lowest BCUT2D eigenvalue weighted by molar-refractivity contribution is 0.605.